The van der Waals surface area contributed by atoms with Gasteiger partial charge < -0.3 is 14.7 Å². The van der Waals surface area contributed by atoms with E-state index in [2.05, 4.69) is 15.9 Å². The summed E-state index contributed by atoms with van der Waals surface area (Å²) in [4.78, 5) is 25.8. The Balaban J connectivity index is 2.31. The van der Waals surface area contributed by atoms with Gasteiger partial charge in [0.05, 0.1) is 11.3 Å². The molecule has 1 amide bonds. The molecule has 1 saturated heterocycles. The fourth-order valence-corrected chi connectivity index (χ4v) is 3.47. The molecule has 0 aliphatic carbocycles. The number of amides is 1. The molecule has 0 saturated carbocycles. The fourth-order valence-electron chi connectivity index (χ4n) is 3.07. The first-order valence-electron chi connectivity index (χ1n) is 7.69. The number of benzene rings is 1. The average Bonchev–Trinajstić information content (AvgIpc) is 2.54. The van der Waals surface area contributed by atoms with E-state index < -0.39 is 17.3 Å². The Morgan fingerprint density at radius 3 is 2.61 bits per heavy atom. The molecular formula is C17H22BrNO4. The van der Waals surface area contributed by atoms with Crippen LogP contribution in [0.5, 0.6) is 0 Å². The number of rotatable bonds is 5. The molecule has 2 rings (SSSR count). The van der Waals surface area contributed by atoms with Crippen LogP contribution in [0, 0.1) is 5.92 Å². The highest BCUT2D eigenvalue weighted by atomic mass is 79.9. The van der Waals surface area contributed by atoms with Crippen LogP contribution in [0.2, 0.25) is 0 Å². The summed E-state index contributed by atoms with van der Waals surface area (Å²) in [6.45, 7) is 2.87. The minimum atomic E-state index is -0.895. The van der Waals surface area contributed by atoms with Crippen molar-refractivity contribution in [3.05, 3.63) is 34.3 Å². The van der Waals surface area contributed by atoms with Gasteiger partial charge in [-0.05, 0) is 30.5 Å². The highest BCUT2D eigenvalue weighted by Gasteiger charge is 2.43. The summed E-state index contributed by atoms with van der Waals surface area (Å²) in [5, 5.41) is 9.08. The smallest absolute Gasteiger partial charge is 0.308 e. The van der Waals surface area contributed by atoms with Crippen LogP contribution in [0.4, 0.5) is 0 Å². The van der Waals surface area contributed by atoms with Crippen LogP contribution in [0.25, 0.3) is 0 Å². The van der Waals surface area contributed by atoms with E-state index in [4.69, 9.17) is 9.84 Å². The van der Waals surface area contributed by atoms with Crippen molar-refractivity contribution in [3.63, 3.8) is 0 Å². The molecule has 1 fully saturated rings. The highest BCUT2D eigenvalue weighted by Crippen LogP contribution is 2.37. The summed E-state index contributed by atoms with van der Waals surface area (Å²) in [5.41, 5.74) is 0.310. The van der Waals surface area contributed by atoms with Crippen LogP contribution in [0.15, 0.2) is 28.7 Å². The lowest BCUT2D eigenvalue weighted by atomic mass is 9.73. The van der Waals surface area contributed by atoms with Crippen LogP contribution < -0.4 is 0 Å². The zero-order valence-corrected chi connectivity index (χ0v) is 15.0. The molecule has 0 unspecified atom stereocenters. The molecule has 1 aromatic carbocycles. The first-order valence-corrected chi connectivity index (χ1v) is 8.48. The predicted octanol–water partition coefficient (Wildman–Crippen LogP) is 2.68. The maximum absolute atomic E-state index is 13.2. The molecule has 6 heteroatoms. The van der Waals surface area contributed by atoms with Crippen molar-refractivity contribution in [1.82, 2.24) is 4.90 Å². The van der Waals surface area contributed by atoms with Gasteiger partial charge in [-0.15, -0.1) is 0 Å². The van der Waals surface area contributed by atoms with Gasteiger partial charge in [0.1, 0.15) is 0 Å². The summed E-state index contributed by atoms with van der Waals surface area (Å²) in [6, 6.07) is 7.78. The summed E-state index contributed by atoms with van der Waals surface area (Å²) >= 11 is 3.46. The third-order valence-electron chi connectivity index (χ3n) is 4.45. The van der Waals surface area contributed by atoms with Gasteiger partial charge in [-0.2, -0.15) is 0 Å². The molecule has 5 nitrogen and oxygen atoms in total. The third-order valence-corrected chi connectivity index (χ3v) is 4.94. The summed E-state index contributed by atoms with van der Waals surface area (Å²) in [5.74, 6) is -1.52. The molecule has 1 heterocycles. The SMILES string of the molecule is C[C@H](CN(C)C(=O)C1(c2cccc(Br)c2)CCOCC1)C(=O)O. The predicted molar refractivity (Wildman–Crippen MR) is 90.3 cm³/mol. The molecule has 1 N–H and O–H groups in total. The van der Waals surface area contributed by atoms with Crippen molar-refractivity contribution < 1.29 is 19.4 Å². The minimum Gasteiger partial charge on any atom is -0.481 e. The number of likely N-dealkylation sites (N-methyl/N-ethyl adjacent to an activating group) is 1. The fraction of sp³-hybridized carbons (Fsp3) is 0.529. The number of carboxylic acid groups (broad SMARTS) is 1. The van der Waals surface area contributed by atoms with Crippen molar-refractivity contribution >= 4 is 27.8 Å². The number of carboxylic acids is 1. The first-order chi connectivity index (χ1) is 10.9. The minimum absolute atomic E-state index is 0.0352. The van der Waals surface area contributed by atoms with E-state index in [9.17, 15) is 9.59 Å². The van der Waals surface area contributed by atoms with Gasteiger partial charge in [0.2, 0.25) is 5.91 Å². The second kappa shape index (κ2) is 7.45. The molecule has 1 atom stereocenters. The average molecular weight is 384 g/mol. The highest BCUT2D eigenvalue weighted by molar-refractivity contribution is 9.10. The Labute approximate surface area is 144 Å². The molecule has 23 heavy (non-hydrogen) atoms. The van der Waals surface area contributed by atoms with Crippen molar-refractivity contribution in [2.24, 2.45) is 5.92 Å². The van der Waals surface area contributed by atoms with Crippen LogP contribution >= 0.6 is 15.9 Å². The maximum atomic E-state index is 13.2. The second-order valence-corrected chi connectivity index (χ2v) is 7.05. The van der Waals surface area contributed by atoms with Gasteiger partial charge in [-0.1, -0.05) is 35.0 Å². The molecule has 0 aromatic heterocycles. The Morgan fingerprint density at radius 2 is 2.04 bits per heavy atom. The van der Waals surface area contributed by atoms with Gasteiger partial charge in [0.25, 0.3) is 0 Å². The van der Waals surface area contributed by atoms with E-state index in [-0.39, 0.29) is 12.5 Å². The van der Waals surface area contributed by atoms with Gasteiger partial charge >= 0.3 is 5.97 Å². The van der Waals surface area contributed by atoms with E-state index in [0.717, 1.165) is 10.0 Å². The van der Waals surface area contributed by atoms with Gasteiger partial charge in [0, 0.05) is 31.3 Å². The number of halogens is 1. The van der Waals surface area contributed by atoms with Crippen LogP contribution in [-0.4, -0.2) is 48.7 Å². The molecule has 0 bridgehead atoms. The normalized spacial score (nSPS) is 18.2. The lowest BCUT2D eigenvalue weighted by Gasteiger charge is -2.39. The van der Waals surface area contributed by atoms with E-state index in [1.165, 1.54) is 0 Å². The number of carbonyl (C=O) groups excluding carboxylic acids is 1. The zero-order valence-electron chi connectivity index (χ0n) is 13.4. The van der Waals surface area contributed by atoms with Crippen molar-refractivity contribution in [2.75, 3.05) is 26.8 Å². The third kappa shape index (κ3) is 3.93. The lowest BCUT2D eigenvalue weighted by molar-refractivity contribution is -0.145. The Kier molecular flexibility index (Phi) is 5.81. The Bertz CT molecular complexity index is 584. The monoisotopic (exact) mass is 383 g/mol. The molecule has 0 radical (unpaired) electrons. The standard InChI is InChI=1S/C17H22BrNO4/c1-12(15(20)21)11-19(2)16(22)17(6-8-23-9-7-17)13-4-3-5-14(18)10-13/h3-5,10,12H,6-9,11H2,1-2H3,(H,20,21)/t12-/m1/s1. The topological polar surface area (TPSA) is 66.8 Å². The van der Waals surface area contributed by atoms with Crippen molar-refractivity contribution in [2.45, 2.75) is 25.2 Å². The van der Waals surface area contributed by atoms with Gasteiger partial charge in [-0.25, -0.2) is 0 Å². The Morgan fingerprint density at radius 1 is 1.39 bits per heavy atom. The number of hydrogen-bond acceptors (Lipinski definition) is 3. The number of nitrogens with zero attached hydrogens (tertiary/aromatic N) is 1. The summed E-state index contributed by atoms with van der Waals surface area (Å²) in [6.07, 6.45) is 1.21. The number of hydrogen-bond donors (Lipinski definition) is 1. The second-order valence-electron chi connectivity index (χ2n) is 6.13. The molecule has 1 aromatic rings. The first kappa shape index (κ1) is 17.9. The van der Waals surface area contributed by atoms with Crippen LogP contribution in [0.1, 0.15) is 25.3 Å². The van der Waals surface area contributed by atoms with E-state index in [1.54, 1.807) is 18.9 Å². The largest absolute Gasteiger partial charge is 0.481 e. The Hall–Kier alpha value is -1.40. The van der Waals surface area contributed by atoms with Gasteiger partial charge in [-0.3, -0.25) is 9.59 Å². The zero-order chi connectivity index (χ0) is 17.0. The number of ether oxygens (including phenoxy) is 1. The molecule has 126 valence electrons. The quantitative estimate of drug-likeness (QED) is 0.848. The molecule has 1 aliphatic rings. The van der Waals surface area contributed by atoms with Crippen molar-refractivity contribution in [3.8, 4) is 0 Å². The summed E-state index contributed by atoms with van der Waals surface area (Å²) in [7, 11) is 1.68. The van der Waals surface area contributed by atoms with Crippen LogP contribution in [-0.2, 0) is 19.7 Å². The van der Waals surface area contributed by atoms with Crippen LogP contribution in [0.3, 0.4) is 0 Å². The lowest BCUT2D eigenvalue weighted by Crippen LogP contribution is -2.50. The van der Waals surface area contributed by atoms with E-state index in [0.29, 0.717) is 26.1 Å². The van der Waals surface area contributed by atoms with E-state index in [1.807, 2.05) is 24.3 Å². The molecule has 0 spiro atoms. The number of carbonyl (C=O) groups is 2. The summed E-state index contributed by atoms with van der Waals surface area (Å²) < 4.78 is 6.38. The van der Waals surface area contributed by atoms with Crippen molar-refractivity contribution in [1.29, 1.82) is 0 Å². The van der Waals surface area contributed by atoms with Gasteiger partial charge in [0.15, 0.2) is 0 Å². The maximum Gasteiger partial charge on any atom is 0.308 e. The number of aliphatic carboxylic acids is 1. The van der Waals surface area contributed by atoms with E-state index >= 15 is 0 Å². The molecular weight excluding hydrogens is 362 g/mol. The molecule has 1 aliphatic heterocycles.